The van der Waals surface area contributed by atoms with Crippen molar-refractivity contribution in [3.63, 3.8) is 0 Å². The molecule has 0 spiro atoms. The summed E-state index contributed by atoms with van der Waals surface area (Å²) < 4.78 is 5.69. The number of alkyl halides is 1. The molecule has 2 aromatic rings. The molecule has 0 fully saturated rings. The number of hydrogen-bond acceptors (Lipinski definition) is 6. The highest BCUT2D eigenvalue weighted by molar-refractivity contribution is 9.09. The van der Waals surface area contributed by atoms with E-state index in [0.29, 0.717) is 12.3 Å². The zero-order chi connectivity index (χ0) is 20.2. The van der Waals surface area contributed by atoms with Gasteiger partial charge in [0.2, 0.25) is 0 Å². The molecule has 7 nitrogen and oxygen atoms in total. The second-order valence-corrected chi connectivity index (χ2v) is 6.87. The van der Waals surface area contributed by atoms with Gasteiger partial charge in [-0.15, -0.1) is 0 Å². The van der Waals surface area contributed by atoms with Crippen LogP contribution in [0.3, 0.4) is 0 Å². The summed E-state index contributed by atoms with van der Waals surface area (Å²) in [6, 6.07) is 13.8. The van der Waals surface area contributed by atoms with Gasteiger partial charge in [-0.2, -0.15) is 10.2 Å². The lowest BCUT2D eigenvalue weighted by molar-refractivity contribution is -0.384. The Morgan fingerprint density at radius 3 is 2.14 bits per heavy atom. The molecule has 8 heteroatoms. The number of hydrogen-bond donors (Lipinski definition) is 0. The normalized spacial score (nSPS) is 11.1. The lowest BCUT2D eigenvalue weighted by Gasteiger charge is -2.23. The van der Waals surface area contributed by atoms with Crippen LogP contribution in [0.2, 0.25) is 0 Å². The Labute approximate surface area is 173 Å². The molecular formula is C20H25BrN4O3. The number of likely N-dealkylation sites (N-methyl/N-ethyl adjacent to an activating group) is 1. The van der Waals surface area contributed by atoms with Crippen LogP contribution in [0.25, 0.3) is 0 Å². The first-order valence-electron chi connectivity index (χ1n) is 9.29. The van der Waals surface area contributed by atoms with Crippen LogP contribution in [-0.4, -0.2) is 36.6 Å². The quantitative estimate of drug-likeness (QED) is 0.130. The minimum Gasteiger partial charge on any atom is -0.380 e. The van der Waals surface area contributed by atoms with Crippen LogP contribution < -0.4 is 4.90 Å². The number of unbranched alkanes of at least 4 members (excludes halogenated alkanes) is 1. The highest BCUT2D eigenvalue weighted by Gasteiger charge is 2.05. The zero-order valence-corrected chi connectivity index (χ0v) is 17.5. The number of nitro groups is 1. The van der Waals surface area contributed by atoms with Crippen molar-refractivity contribution in [2.45, 2.75) is 19.8 Å². The van der Waals surface area contributed by atoms with E-state index in [1.165, 1.54) is 12.1 Å². The molecule has 0 atom stereocenters. The van der Waals surface area contributed by atoms with Gasteiger partial charge in [-0.1, -0.05) is 15.9 Å². The Bertz CT molecular complexity index is 751. The Hall–Kier alpha value is -2.32. The molecule has 0 N–H and O–H groups in total. The standard InChI is InChI=1S/C20H25BrN4O3/c1-2-24(14-16-28-15-4-3-13-21)19-9-5-17(6-10-19)22-23-18-7-11-20(12-8-18)25(26)27/h5-12H,2-4,13-16H2,1H3. The number of anilines is 1. The smallest absolute Gasteiger partial charge is 0.269 e. The Balaban J connectivity index is 1.87. The number of azo groups is 1. The van der Waals surface area contributed by atoms with Crippen molar-refractivity contribution in [1.29, 1.82) is 0 Å². The van der Waals surface area contributed by atoms with Crippen LogP contribution >= 0.6 is 15.9 Å². The molecule has 0 bridgehead atoms. The van der Waals surface area contributed by atoms with Crippen LogP contribution in [0.15, 0.2) is 58.8 Å². The second-order valence-electron chi connectivity index (χ2n) is 6.08. The van der Waals surface area contributed by atoms with Gasteiger partial charge in [-0.05, 0) is 56.2 Å². The third kappa shape index (κ3) is 7.36. The molecule has 0 aromatic heterocycles. The maximum Gasteiger partial charge on any atom is 0.269 e. The first-order valence-corrected chi connectivity index (χ1v) is 10.4. The molecule has 0 saturated heterocycles. The summed E-state index contributed by atoms with van der Waals surface area (Å²) in [4.78, 5) is 12.5. The molecule has 2 rings (SSSR count). The van der Waals surface area contributed by atoms with Gasteiger partial charge in [0.15, 0.2) is 0 Å². The van der Waals surface area contributed by atoms with Gasteiger partial charge in [-0.3, -0.25) is 10.1 Å². The fourth-order valence-electron chi connectivity index (χ4n) is 2.53. The van der Waals surface area contributed by atoms with Crippen molar-refractivity contribution in [3.05, 3.63) is 58.6 Å². The summed E-state index contributed by atoms with van der Waals surface area (Å²) in [6.45, 7) is 5.36. The Morgan fingerprint density at radius 2 is 1.61 bits per heavy atom. The number of benzene rings is 2. The van der Waals surface area contributed by atoms with Crippen LogP contribution in [0.4, 0.5) is 22.7 Å². The molecular weight excluding hydrogens is 424 g/mol. The number of nitro benzene ring substituents is 1. The van der Waals surface area contributed by atoms with E-state index in [0.717, 1.165) is 49.2 Å². The van der Waals surface area contributed by atoms with E-state index in [-0.39, 0.29) is 5.69 Å². The van der Waals surface area contributed by atoms with Gasteiger partial charge < -0.3 is 9.64 Å². The van der Waals surface area contributed by atoms with Gasteiger partial charge in [0, 0.05) is 42.8 Å². The molecule has 0 aliphatic carbocycles. The Morgan fingerprint density at radius 1 is 1.00 bits per heavy atom. The van der Waals surface area contributed by atoms with Crippen molar-refractivity contribution in [1.82, 2.24) is 0 Å². The van der Waals surface area contributed by atoms with E-state index < -0.39 is 4.92 Å². The van der Waals surface area contributed by atoms with Crippen molar-refractivity contribution >= 4 is 38.7 Å². The van der Waals surface area contributed by atoms with Crippen LogP contribution in [0, 0.1) is 10.1 Å². The predicted octanol–water partition coefficient (Wildman–Crippen LogP) is 6.03. The fourth-order valence-corrected chi connectivity index (χ4v) is 2.93. The van der Waals surface area contributed by atoms with Crippen molar-refractivity contribution in [3.8, 4) is 0 Å². The first-order chi connectivity index (χ1) is 13.6. The largest absolute Gasteiger partial charge is 0.380 e. The number of ether oxygens (including phenoxy) is 1. The highest BCUT2D eigenvalue weighted by atomic mass is 79.9. The van der Waals surface area contributed by atoms with Gasteiger partial charge in [0.05, 0.1) is 22.9 Å². The topological polar surface area (TPSA) is 80.3 Å². The summed E-state index contributed by atoms with van der Waals surface area (Å²) in [6.07, 6.45) is 2.21. The predicted molar refractivity (Wildman–Crippen MR) is 115 cm³/mol. The fraction of sp³-hybridized carbons (Fsp3) is 0.400. The summed E-state index contributed by atoms with van der Waals surface area (Å²) in [7, 11) is 0. The molecule has 2 aromatic carbocycles. The SMILES string of the molecule is CCN(CCOCCCCBr)c1ccc(N=Nc2ccc([N+](=O)[O-])cc2)cc1. The first kappa shape index (κ1) is 22.0. The minimum atomic E-state index is -0.437. The maximum absolute atomic E-state index is 10.7. The van der Waals surface area contributed by atoms with Gasteiger partial charge >= 0.3 is 0 Å². The summed E-state index contributed by atoms with van der Waals surface area (Å²) in [5.41, 5.74) is 2.45. The second kappa shape index (κ2) is 12.2. The number of nitrogens with zero attached hydrogens (tertiary/aromatic N) is 4. The summed E-state index contributed by atoms with van der Waals surface area (Å²) >= 11 is 3.42. The maximum atomic E-state index is 10.7. The highest BCUT2D eigenvalue weighted by Crippen LogP contribution is 2.23. The molecule has 28 heavy (non-hydrogen) atoms. The van der Waals surface area contributed by atoms with Crippen molar-refractivity contribution in [2.24, 2.45) is 10.2 Å². The van der Waals surface area contributed by atoms with E-state index in [4.69, 9.17) is 4.74 Å². The zero-order valence-electron chi connectivity index (χ0n) is 16.0. The number of rotatable bonds is 12. The molecule has 0 aliphatic rings. The average molecular weight is 449 g/mol. The molecule has 0 radical (unpaired) electrons. The number of non-ortho nitro benzene ring substituents is 1. The molecule has 0 aliphatic heterocycles. The van der Waals surface area contributed by atoms with Crippen molar-refractivity contribution < 1.29 is 9.66 Å². The molecule has 0 saturated carbocycles. The summed E-state index contributed by atoms with van der Waals surface area (Å²) in [5.74, 6) is 0. The van der Waals surface area contributed by atoms with Crippen molar-refractivity contribution in [2.75, 3.05) is 36.5 Å². The van der Waals surface area contributed by atoms with Gasteiger partial charge in [0.25, 0.3) is 5.69 Å². The van der Waals surface area contributed by atoms with Crippen LogP contribution in [0.1, 0.15) is 19.8 Å². The lowest BCUT2D eigenvalue weighted by atomic mass is 10.2. The summed E-state index contributed by atoms with van der Waals surface area (Å²) in [5, 5.41) is 20.0. The van der Waals surface area contributed by atoms with E-state index in [9.17, 15) is 10.1 Å². The Kier molecular flexibility index (Phi) is 9.57. The van der Waals surface area contributed by atoms with Crippen LogP contribution in [-0.2, 0) is 4.74 Å². The average Bonchev–Trinajstić information content (AvgIpc) is 2.72. The monoisotopic (exact) mass is 448 g/mol. The lowest BCUT2D eigenvalue weighted by Crippen LogP contribution is -2.27. The van der Waals surface area contributed by atoms with E-state index >= 15 is 0 Å². The van der Waals surface area contributed by atoms with E-state index in [1.54, 1.807) is 12.1 Å². The minimum absolute atomic E-state index is 0.0371. The molecule has 150 valence electrons. The third-order valence-corrected chi connectivity index (χ3v) is 4.68. The van der Waals surface area contributed by atoms with E-state index in [1.807, 2.05) is 24.3 Å². The van der Waals surface area contributed by atoms with Gasteiger partial charge in [0.1, 0.15) is 0 Å². The van der Waals surface area contributed by atoms with Gasteiger partial charge in [-0.25, -0.2) is 0 Å². The third-order valence-electron chi connectivity index (χ3n) is 4.12. The van der Waals surface area contributed by atoms with E-state index in [2.05, 4.69) is 38.0 Å². The number of halogens is 1. The molecule has 0 unspecified atom stereocenters. The molecule has 0 amide bonds. The molecule has 0 heterocycles. The van der Waals surface area contributed by atoms with Crippen LogP contribution in [0.5, 0.6) is 0 Å².